The maximum atomic E-state index is 11.9. The summed E-state index contributed by atoms with van der Waals surface area (Å²) in [6.45, 7) is 0.161. The third kappa shape index (κ3) is 3.53. The van der Waals surface area contributed by atoms with Gasteiger partial charge in [-0.2, -0.15) is 0 Å². The SMILES string of the molecule is O=C(Cc1ccccn1)NC1CCCCC1CO. The summed E-state index contributed by atoms with van der Waals surface area (Å²) in [5.74, 6) is 0.213. The summed E-state index contributed by atoms with van der Waals surface area (Å²) in [6, 6.07) is 5.70. The lowest BCUT2D eigenvalue weighted by molar-refractivity contribution is -0.121. The molecule has 0 bridgehead atoms. The molecule has 0 radical (unpaired) electrons. The van der Waals surface area contributed by atoms with E-state index in [1.807, 2.05) is 18.2 Å². The Morgan fingerprint density at radius 1 is 1.39 bits per heavy atom. The molecule has 1 aromatic heterocycles. The van der Waals surface area contributed by atoms with E-state index in [1.165, 1.54) is 0 Å². The molecule has 4 nitrogen and oxygen atoms in total. The van der Waals surface area contributed by atoms with Crippen LogP contribution in [-0.4, -0.2) is 28.6 Å². The van der Waals surface area contributed by atoms with E-state index in [1.54, 1.807) is 6.20 Å². The van der Waals surface area contributed by atoms with Crippen LogP contribution in [0.2, 0.25) is 0 Å². The number of hydrogen-bond acceptors (Lipinski definition) is 3. The highest BCUT2D eigenvalue weighted by Crippen LogP contribution is 2.23. The number of aliphatic hydroxyl groups is 1. The van der Waals surface area contributed by atoms with Gasteiger partial charge in [-0.15, -0.1) is 0 Å². The second kappa shape index (κ2) is 6.50. The molecule has 1 fully saturated rings. The number of carbonyl (C=O) groups excluding carboxylic acids is 1. The minimum absolute atomic E-state index is 0.000880. The van der Waals surface area contributed by atoms with Crippen LogP contribution >= 0.6 is 0 Å². The van der Waals surface area contributed by atoms with Gasteiger partial charge in [0.05, 0.1) is 6.42 Å². The summed E-state index contributed by atoms with van der Waals surface area (Å²) in [5, 5.41) is 12.3. The molecule has 98 valence electrons. The number of nitrogens with zero attached hydrogens (tertiary/aromatic N) is 1. The van der Waals surface area contributed by atoms with Crippen molar-refractivity contribution in [2.75, 3.05) is 6.61 Å². The second-order valence-electron chi connectivity index (χ2n) is 4.90. The lowest BCUT2D eigenvalue weighted by Gasteiger charge is -2.30. The first kappa shape index (κ1) is 13.0. The van der Waals surface area contributed by atoms with Gasteiger partial charge >= 0.3 is 0 Å². The molecule has 0 saturated heterocycles. The molecule has 0 spiro atoms. The van der Waals surface area contributed by atoms with Crippen LogP contribution in [0.15, 0.2) is 24.4 Å². The van der Waals surface area contributed by atoms with Crippen molar-refractivity contribution in [3.8, 4) is 0 Å². The average Bonchev–Trinajstić information content (AvgIpc) is 2.40. The molecule has 4 heteroatoms. The molecule has 2 atom stereocenters. The highest BCUT2D eigenvalue weighted by Gasteiger charge is 2.25. The fourth-order valence-electron chi connectivity index (χ4n) is 2.54. The Morgan fingerprint density at radius 2 is 2.22 bits per heavy atom. The van der Waals surface area contributed by atoms with Crippen LogP contribution in [0, 0.1) is 5.92 Å². The van der Waals surface area contributed by atoms with E-state index in [-0.39, 0.29) is 24.5 Å². The zero-order chi connectivity index (χ0) is 12.8. The second-order valence-corrected chi connectivity index (χ2v) is 4.90. The third-order valence-corrected chi connectivity index (χ3v) is 3.56. The Balaban J connectivity index is 1.86. The third-order valence-electron chi connectivity index (χ3n) is 3.56. The zero-order valence-electron chi connectivity index (χ0n) is 10.5. The van der Waals surface area contributed by atoms with E-state index < -0.39 is 0 Å². The fraction of sp³-hybridized carbons (Fsp3) is 0.571. The number of amides is 1. The van der Waals surface area contributed by atoms with Gasteiger partial charge in [-0.05, 0) is 25.0 Å². The Labute approximate surface area is 107 Å². The summed E-state index contributed by atoms with van der Waals surface area (Å²) in [5.41, 5.74) is 0.784. The molecule has 1 heterocycles. The van der Waals surface area contributed by atoms with Gasteiger partial charge in [0.25, 0.3) is 0 Å². The first-order valence-electron chi connectivity index (χ1n) is 6.59. The van der Waals surface area contributed by atoms with E-state index in [0.29, 0.717) is 6.42 Å². The van der Waals surface area contributed by atoms with E-state index in [4.69, 9.17) is 0 Å². The van der Waals surface area contributed by atoms with Crippen LogP contribution in [0.4, 0.5) is 0 Å². The molecular weight excluding hydrogens is 228 g/mol. The predicted octanol–water partition coefficient (Wildman–Crippen LogP) is 1.29. The molecular formula is C14H20N2O2. The lowest BCUT2D eigenvalue weighted by Crippen LogP contribution is -2.44. The minimum atomic E-state index is -0.000880. The summed E-state index contributed by atoms with van der Waals surface area (Å²) in [4.78, 5) is 16.1. The van der Waals surface area contributed by atoms with Crippen molar-refractivity contribution in [2.45, 2.75) is 38.1 Å². The number of aromatic nitrogens is 1. The number of aliphatic hydroxyl groups excluding tert-OH is 1. The van der Waals surface area contributed by atoms with Crippen LogP contribution in [0.3, 0.4) is 0 Å². The maximum Gasteiger partial charge on any atom is 0.226 e. The molecule has 0 aromatic carbocycles. The highest BCUT2D eigenvalue weighted by atomic mass is 16.3. The number of hydrogen-bond donors (Lipinski definition) is 2. The van der Waals surface area contributed by atoms with Crippen LogP contribution < -0.4 is 5.32 Å². The van der Waals surface area contributed by atoms with Gasteiger partial charge in [0.2, 0.25) is 5.91 Å². The van der Waals surface area contributed by atoms with Crippen molar-refractivity contribution in [3.63, 3.8) is 0 Å². The van der Waals surface area contributed by atoms with Gasteiger partial charge in [0.15, 0.2) is 0 Å². The molecule has 1 aromatic rings. The van der Waals surface area contributed by atoms with E-state index in [9.17, 15) is 9.90 Å². The van der Waals surface area contributed by atoms with Crippen molar-refractivity contribution < 1.29 is 9.90 Å². The zero-order valence-corrected chi connectivity index (χ0v) is 10.5. The molecule has 1 amide bonds. The highest BCUT2D eigenvalue weighted by molar-refractivity contribution is 5.78. The van der Waals surface area contributed by atoms with Crippen LogP contribution in [0.5, 0.6) is 0 Å². The summed E-state index contributed by atoms with van der Waals surface area (Å²) in [6.07, 6.45) is 6.27. The number of carbonyl (C=O) groups is 1. The standard InChI is InChI=1S/C14H20N2O2/c17-10-11-5-1-2-7-13(11)16-14(18)9-12-6-3-4-8-15-12/h3-4,6,8,11,13,17H,1-2,5,7,9-10H2,(H,16,18). The predicted molar refractivity (Wildman–Crippen MR) is 68.9 cm³/mol. The topological polar surface area (TPSA) is 62.2 Å². The lowest BCUT2D eigenvalue weighted by atomic mass is 9.85. The Morgan fingerprint density at radius 3 is 2.94 bits per heavy atom. The maximum absolute atomic E-state index is 11.9. The molecule has 2 unspecified atom stereocenters. The van der Waals surface area contributed by atoms with E-state index in [2.05, 4.69) is 10.3 Å². The molecule has 1 aliphatic rings. The molecule has 18 heavy (non-hydrogen) atoms. The monoisotopic (exact) mass is 248 g/mol. The molecule has 1 aliphatic carbocycles. The summed E-state index contributed by atoms with van der Waals surface area (Å²) >= 11 is 0. The normalized spacial score (nSPS) is 23.6. The van der Waals surface area contributed by atoms with Crippen molar-refractivity contribution in [2.24, 2.45) is 5.92 Å². The molecule has 0 aliphatic heterocycles. The Bertz CT molecular complexity index is 381. The first-order valence-corrected chi connectivity index (χ1v) is 6.59. The molecule has 1 saturated carbocycles. The number of nitrogens with one attached hydrogen (secondary N) is 1. The molecule has 2 N–H and O–H groups in total. The van der Waals surface area contributed by atoms with Crippen molar-refractivity contribution >= 4 is 5.91 Å². The fourth-order valence-corrected chi connectivity index (χ4v) is 2.54. The largest absolute Gasteiger partial charge is 0.396 e. The van der Waals surface area contributed by atoms with Gasteiger partial charge in [0.1, 0.15) is 0 Å². The quantitative estimate of drug-likeness (QED) is 0.844. The summed E-state index contributed by atoms with van der Waals surface area (Å²) in [7, 11) is 0. The van der Waals surface area contributed by atoms with Crippen molar-refractivity contribution in [1.82, 2.24) is 10.3 Å². The van der Waals surface area contributed by atoms with E-state index >= 15 is 0 Å². The van der Waals surface area contributed by atoms with Crippen LogP contribution in [-0.2, 0) is 11.2 Å². The summed E-state index contributed by atoms with van der Waals surface area (Å²) < 4.78 is 0. The average molecular weight is 248 g/mol. The van der Waals surface area contributed by atoms with Crippen LogP contribution in [0.25, 0.3) is 0 Å². The smallest absolute Gasteiger partial charge is 0.226 e. The minimum Gasteiger partial charge on any atom is -0.396 e. The van der Waals surface area contributed by atoms with Gasteiger partial charge in [-0.25, -0.2) is 0 Å². The Kier molecular flexibility index (Phi) is 4.70. The first-order chi connectivity index (χ1) is 8.79. The van der Waals surface area contributed by atoms with Gasteiger partial charge in [-0.1, -0.05) is 18.9 Å². The van der Waals surface area contributed by atoms with Gasteiger partial charge in [0, 0.05) is 30.5 Å². The van der Waals surface area contributed by atoms with Crippen molar-refractivity contribution in [3.05, 3.63) is 30.1 Å². The van der Waals surface area contributed by atoms with Crippen molar-refractivity contribution in [1.29, 1.82) is 0 Å². The van der Waals surface area contributed by atoms with Crippen LogP contribution in [0.1, 0.15) is 31.4 Å². The molecule has 2 rings (SSSR count). The van der Waals surface area contributed by atoms with E-state index in [0.717, 1.165) is 31.4 Å². The van der Waals surface area contributed by atoms with Gasteiger partial charge < -0.3 is 10.4 Å². The van der Waals surface area contributed by atoms with Gasteiger partial charge in [-0.3, -0.25) is 9.78 Å². The number of pyridine rings is 1. The number of rotatable bonds is 4. The Hall–Kier alpha value is -1.42.